The van der Waals surface area contributed by atoms with E-state index in [-0.39, 0.29) is 17.7 Å². The Kier molecular flexibility index (Phi) is 4.76. The molecule has 0 aromatic heterocycles. The molecule has 2 aliphatic rings. The molecule has 0 bridgehead atoms. The van der Waals surface area contributed by atoms with Crippen molar-refractivity contribution in [1.82, 2.24) is 9.80 Å². The Morgan fingerprint density at radius 3 is 2.36 bits per heavy atom. The fraction of sp³-hybridized carbons (Fsp3) is 0.556. The van der Waals surface area contributed by atoms with Crippen molar-refractivity contribution in [2.24, 2.45) is 5.92 Å². The molecule has 2 saturated heterocycles. The summed E-state index contributed by atoms with van der Waals surface area (Å²) in [4.78, 5) is 28.8. The molecule has 0 N–H and O–H groups in total. The van der Waals surface area contributed by atoms with Crippen LogP contribution in [-0.2, 0) is 11.2 Å². The summed E-state index contributed by atoms with van der Waals surface area (Å²) in [6.07, 6.45) is 4.55. The largest absolute Gasteiger partial charge is 0.325 e. The summed E-state index contributed by atoms with van der Waals surface area (Å²) in [6, 6.07) is 10.0. The summed E-state index contributed by atoms with van der Waals surface area (Å²) >= 11 is 0. The molecule has 0 radical (unpaired) electrons. The molecule has 4 nitrogen and oxygen atoms in total. The van der Waals surface area contributed by atoms with Crippen molar-refractivity contribution in [1.29, 1.82) is 0 Å². The lowest BCUT2D eigenvalue weighted by molar-refractivity contribution is -0.123. The van der Waals surface area contributed by atoms with Gasteiger partial charge in [-0.1, -0.05) is 30.3 Å². The summed E-state index contributed by atoms with van der Waals surface area (Å²) in [5.41, 5.74) is 1.07. The van der Waals surface area contributed by atoms with Crippen LogP contribution in [0.5, 0.6) is 0 Å². The van der Waals surface area contributed by atoms with Crippen LogP contribution in [0.25, 0.3) is 0 Å². The van der Waals surface area contributed by atoms with Crippen molar-refractivity contribution < 1.29 is 9.59 Å². The molecule has 0 spiro atoms. The van der Waals surface area contributed by atoms with Gasteiger partial charge in [0, 0.05) is 38.5 Å². The molecule has 2 amide bonds. The topological polar surface area (TPSA) is 40.6 Å². The third-order valence-electron chi connectivity index (χ3n) is 4.75. The normalized spacial score (nSPS) is 21.9. The Morgan fingerprint density at radius 1 is 0.955 bits per heavy atom. The van der Waals surface area contributed by atoms with Gasteiger partial charge in [0.2, 0.25) is 0 Å². The highest BCUT2D eigenvalue weighted by Crippen LogP contribution is 2.21. The number of urea groups is 1. The number of nitrogens with zero attached hydrogens (tertiary/aromatic N) is 2. The van der Waals surface area contributed by atoms with Gasteiger partial charge in [-0.05, 0) is 31.2 Å². The van der Waals surface area contributed by atoms with Gasteiger partial charge < -0.3 is 9.80 Å². The highest BCUT2D eigenvalue weighted by atomic mass is 16.2. The Hall–Kier alpha value is -1.84. The van der Waals surface area contributed by atoms with E-state index in [4.69, 9.17) is 0 Å². The second kappa shape index (κ2) is 6.95. The van der Waals surface area contributed by atoms with Gasteiger partial charge in [0.05, 0.1) is 0 Å². The second-order valence-electron chi connectivity index (χ2n) is 6.39. The molecule has 1 atom stereocenters. The maximum absolute atomic E-state index is 12.5. The van der Waals surface area contributed by atoms with Crippen molar-refractivity contribution in [3.05, 3.63) is 35.9 Å². The van der Waals surface area contributed by atoms with E-state index in [1.165, 1.54) is 0 Å². The Morgan fingerprint density at radius 2 is 1.64 bits per heavy atom. The summed E-state index contributed by atoms with van der Waals surface area (Å²) in [7, 11) is 0. The smallest absolute Gasteiger partial charge is 0.320 e. The molecule has 2 aliphatic heterocycles. The lowest BCUT2D eigenvalue weighted by Crippen LogP contribution is -2.48. The highest BCUT2D eigenvalue weighted by molar-refractivity contribution is 5.84. The van der Waals surface area contributed by atoms with Gasteiger partial charge in [-0.2, -0.15) is 0 Å². The predicted octanol–water partition coefficient (Wildman–Crippen LogP) is 2.73. The van der Waals surface area contributed by atoms with Crippen LogP contribution in [0.15, 0.2) is 30.3 Å². The van der Waals surface area contributed by atoms with Crippen LogP contribution < -0.4 is 0 Å². The number of piperidine rings is 1. The minimum atomic E-state index is 0.000471. The van der Waals surface area contributed by atoms with E-state index in [2.05, 4.69) is 0 Å². The Labute approximate surface area is 132 Å². The molecule has 0 saturated carbocycles. The van der Waals surface area contributed by atoms with E-state index >= 15 is 0 Å². The van der Waals surface area contributed by atoms with E-state index in [1.54, 1.807) is 0 Å². The SMILES string of the molecule is O=C(Cc1ccccc1)[C@H]1CCCN(C(=O)N2CCCC2)C1. The number of likely N-dealkylation sites (tertiary alicyclic amines) is 2. The number of amides is 2. The Balaban J connectivity index is 1.57. The molecule has 4 heteroatoms. The molecule has 22 heavy (non-hydrogen) atoms. The number of hydrogen-bond acceptors (Lipinski definition) is 2. The molecule has 0 unspecified atom stereocenters. The quantitative estimate of drug-likeness (QED) is 0.861. The van der Waals surface area contributed by atoms with Gasteiger partial charge >= 0.3 is 6.03 Å². The summed E-state index contributed by atoms with van der Waals surface area (Å²) in [6.45, 7) is 3.14. The molecule has 0 aliphatic carbocycles. The first-order chi connectivity index (χ1) is 10.7. The zero-order valence-corrected chi connectivity index (χ0v) is 13.0. The van der Waals surface area contributed by atoms with Gasteiger partial charge in [0.15, 0.2) is 0 Å². The van der Waals surface area contributed by atoms with E-state index in [1.807, 2.05) is 40.1 Å². The Bertz CT molecular complexity index is 523. The fourth-order valence-electron chi connectivity index (χ4n) is 3.46. The standard InChI is InChI=1S/C18H24N2O2/c21-17(13-15-7-2-1-3-8-15)16-9-6-12-20(14-16)18(22)19-10-4-5-11-19/h1-3,7-8,16H,4-6,9-14H2/t16-/m0/s1. The monoisotopic (exact) mass is 300 g/mol. The van der Waals surface area contributed by atoms with Crippen LogP contribution >= 0.6 is 0 Å². The third-order valence-corrected chi connectivity index (χ3v) is 4.75. The van der Waals surface area contributed by atoms with Crippen LogP contribution in [-0.4, -0.2) is 47.8 Å². The minimum Gasteiger partial charge on any atom is -0.325 e. The maximum atomic E-state index is 12.5. The number of Topliss-reactive ketones (excluding diaryl/α,β-unsaturated/α-hetero) is 1. The molecular formula is C18H24N2O2. The van der Waals surface area contributed by atoms with Gasteiger partial charge in [-0.25, -0.2) is 4.79 Å². The lowest BCUT2D eigenvalue weighted by atomic mass is 9.90. The second-order valence-corrected chi connectivity index (χ2v) is 6.39. The van der Waals surface area contributed by atoms with Crippen molar-refractivity contribution in [2.75, 3.05) is 26.2 Å². The first-order valence-corrected chi connectivity index (χ1v) is 8.34. The number of hydrogen-bond donors (Lipinski definition) is 0. The van der Waals surface area contributed by atoms with Crippen LogP contribution in [0.4, 0.5) is 4.79 Å². The van der Waals surface area contributed by atoms with Gasteiger partial charge in [0.1, 0.15) is 5.78 Å². The minimum absolute atomic E-state index is 0.000471. The fourth-order valence-corrected chi connectivity index (χ4v) is 3.46. The molecule has 2 fully saturated rings. The predicted molar refractivity (Wildman–Crippen MR) is 85.7 cm³/mol. The van der Waals surface area contributed by atoms with Crippen LogP contribution in [0.2, 0.25) is 0 Å². The first kappa shape index (κ1) is 15.1. The maximum Gasteiger partial charge on any atom is 0.320 e. The number of rotatable bonds is 3. The van der Waals surface area contributed by atoms with Crippen molar-refractivity contribution >= 4 is 11.8 Å². The molecule has 1 aromatic rings. The average molecular weight is 300 g/mol. The number of carbonyl (C=O) groups excluding carboxylic acids is 2. The van der Waals surface area contributed by atoms with Gasteiger partial charge in [-0.3, -0.25) is 4.79 Å². The van der Waals surface area contributed by atoms with E-state index in [0.717, 1.165) is 50.9 Å². The number of carbonyl (C=O) groups is 2. The first-order valence-electron chi connectivity index (χ1n) is 8.34. The van der Waals surface area contributed by atoms with Crippen LogP contribution in [0, 0.1) is 5.92 Å². The summed E-state index contributed by atoms with van der Waals surface area (Å²) in [5.74, 6) is 0.269. The average Bonchev–Trinajstić information content (AvgIpc) is 3.09. The zero-order valence-electron chi connectivity index (χ0n) is 13.0. The zero-order chi connectivity index (χ0) is 15.4. The molecule has 1 aromatic carbocycles. The molecule has 118 valence electrons. The molecule has 2 heterocycles. The highest BCUT2D eigenvalue weighted by Gasteiger charge is 2.31. The van der Waals surface area contributed by atoms with Gasteiger partial charge in [0.25, 0.3) is 0 Å². The lowest BCUT2D eigenvalue weighted by Gasteiger charge is -2.34. The van der Waals surface area contributed by atoms with Crippen LogP contribution in [0.3, 0.4) is 0 Å². The van der Waals surface area contributed by atoms with E-state index < -0.39 is 0 Å². The van der Waals surface area contributed by atoms with Gasteiger partial charge in [-0.15, -0.1) is 0 Å². The summed E-state index contributed by atoms with van der Waals surface area (Å²) < 4.78 is 0. The van der Waals surface area contributed by atoms with Crippen molar-refractivity contribution in [2.45, 2.75) is 32.1 Å². The van der Waals surface area contributed by atoms with Crippen molar-refractivity contribution in [3.63, 3.8) is 0 Å². The number of ketones is 1. The van der Waals surface area contributed by atoms with E-state index in [9.17, 15) is 9.59 Å². The van der Waals surface area contributed by atoms with Crippen molar-refractivity contribution in [3.8, 4) is 0 Å². The molecular weight excluding hydrogens is 276 g/mol. The summed E-state index contributed by atoms with van der Waals surface area (Å²) in [5, 5.41) is 0. The number of benzene rings is 1. The van der Waals surface area contributed by atoms with Crippen LogP contribution in [0.1, 0.15) is 31.2 Å². The third kappa shape index (κ3) is 3.49. The van der Waals surface area contributed by atoms with E-state index in [0.29, 0.717) is 13.0 Å². The molecule has 3 rings (SSSR count).